The number of carboxylic acids is 1. The van der Waals surface area contributed by atoms with Gasteiger partial charge in [0, 0.05) is 18.6 Å². The third kappa shape index (κ3) is 3.02. The molecule has 0 radical (unpaired) electrons. The topological polar surface area (TPSA) is 70.1 Å². The predicted molar refractivity (Wildman–Crippen MR) is 41.8 cm³/mol. The molecule has 4 heteroatoms. The summed E-state index contributed by atoms with van der Waals surface area (Å²) in [7, 11) is 0. The van der Waals surface area contributed by atoms with E-state index in [2.05, 4.69) is 0 Å². The second-order valence-electron chi connectivity index (χ2n) is 2.71. The minimum atomic E-state index is -0.918. The van der Waals surface area contributed by atoms with Crippen molar-refractivity contribution in [2.45, 2.75) is 18.9 Å². The summed E-state index contributed by atoms with van der Waals surface area (Å²) in [5.41, 5.74) is 0.339. The first kappa shape index (κ1) is 9.22. The third-order valence-corrected chi connectivity index (χ3v) is 1.64. The zero-order chi connectivity index (χ0) is 8.97. The number of carboxylic acid groups (broad SMARTS) is 1. The average molecular weight is 172 g/mol. The Morgan fingerprint density at radius 2 is 2.33 bits per heavy atom. The Bertz CT molecular complexity index is 193. The first-order valence-electron chi connectivity index (χ1n) is 3.89. The van der Waals surface area contributed by atoms with Gasteiger partial charge in [0.15, 0.2) is 0 Å². The highest BCUT2D eigenvalue weighted by atomic mass is 16.6. The number of carbonyl (C=O) groups is 1. The van der Waals surface area contributed by atoms with Crippen molar-refractivity contribution in [1.82, 2.24) is 0 Å². The van der Waals surface area contributed by atoms with Crippen LogP contribution in [0.15, 0.2) is 11.6 Å². The molecule has 0 saturated carbocycles. The molecule has 1 atom stereocenters. The van der Waals surface area contributed by atoms with Crippen LogP contribution in [0.4, 0.5) is 0 Å². The highest BCUT2D eigenvalue weighted by Crippen LogP contribution is 2.19. The summed E-state index contributed by atoms with van der Waals surface area (Å²) in [5, 5.41) is 17.1. The first-order chi connectivity index (χ1) is 5.74. The number of epoxide rings is 1. The van der Waals surface area contributed by atoms with Gasteiger partial charge in [-0.15, -0.1) is 0 Å². The fourth-order valence-electron chi connectivity index (χ4n) is 0.928. The van der Waals surface area contributed by atoms with E-state index in [4.69, 9.17) is 14.9 Å². The maximum absolute atomic E-state index is 10.6. The minimum Gasteiger partial charge on any atom is -0.478 e. The maximum atomic E-state index is 10.6. The van der Waals surface area contributed by atoms with Crippen molar-refractivity contribution in [2.24, 2.45) is 0 Å². The summed E-state index contributed by atoms with van der Waals surface area (Å²) in [6.45, 7) is 0.645. The predicted octanol–water partition coefficient (Wildman–Crippen LogP) is 0.169. The molecule has 1 aliphatic heterocycles. The van der Waals surface area contributed by atoms with Gasteiger partial charge in [0.1, 0.15) is 0 Å². The second kappa shape index (κ2) is 4.23. The largest absolute Gasteiger partial charge is 0.478 e. The van der Waals surface area contributed by atoms with Crippen LogP contribution in [0.2, 0.25) is 0 Å². The smallest absolute Gasteiger partial charge is 0.331 e. The molecule has 0 aliphatic carbocycles. The number of aliphatic hydroxyl groups excluding tert-OH is 1. The van der Waals surface area contributed by atoms with Gasteiger partial charge in [0.2, 0.25) is 0 Å². The van der Waals surface area contributed by atoms with Crippen molar-refractivity contribution < 1.29 is 19.7 Å². The molecule has 12 heavy (non-hydrogen) atoms. The molecule has 2 N–H and O–H groups in total. The standard InChI is InChI=1S/C8H12O4/c9-3-1-2-6(8(10)11)4-7-5-12-7/h2,7,9H,1,3-5H2,(H,10,11). The molecule has 0 spiro atoms. The van der Waals surface area contributed by atoms with E-state index < -0.39 is 5.97 Å². The lowest BCUT2D eigenvalue weighted by atomic mass is 10.1. The number of rotatable bonds is 5. The van der Waals surface area contributed by atoms with Crippen molar-refractivity contribution >= 4 is 5.97 Å². The molecule has 4 nitrogen and oxygen atoms in total. The highest BCUT2D eigenvalue weighted by Gasteiger charge is 2.25. The van der Waals surface area contributed by atoms with Crippen LogP contribution in [0.25, 0.3) is 0 Å². The molecule has 0 aromatic rings. The Morgan fingerprint density at radius 1 is 1.67 bits per heavy atom. The summed E-state index contributed by atoms with van der Waals surface area (Å²) >= 11 is 0. The fraction of sp³-hybridized carbons (Fsp3) is 0.625. The van der Waals surface area contributed by atoms with Crippen LogP contribution in [-0.2, 0) is 9.53 Å². The highest BCUT2D eigenvalue weighted by molar-refractivity contribution is 5.86. The Hall–Kier alpha value is -0.870. The lowest BCUT2D eigenvalue weighted by Gasteiger charge is -1.97. The van der Waals surface area contributed by atoms with Gasteiger partial charge >= 0.3 is 5.97 Å². The van der Waals surface area contributed by atoms with E-state index in [1.54, 1.807) is 6.08 Å². The van der Waals surface area contributed by atoms with Gasteiger partial charge in [-0.25, -0.2) is 4.79 Å². The lowest BCUT2D eigenvalue weighted by Crippen LogP contribution is -2.04. The van der Waals surface area contributed by atoms with Crippen molar-refractivity contribution in [2.75, 3.05) is 13.2 Å². The van der Waals surface area contributed by atoms with Crippen molar-refractivity contribution in [3.05, 3.63) is 11.6 Å². The second-order valence-corrected chi connectivity index (χ2v) is 2.71. The maximum Gasteiger partial charge on any atom is 0.331 e. The molecule has 0 amide bonds. The van der Waals surface area contributed by atoms with E-state index in [1.807, 2.05) is 0 Å². The van der Waals surface area contributed by atoms with Crippen molar-refractivity contribution in [3.8, 4) is 0 Å². The Morgan fingerprint density at radius 3 is 2.75 bits per heavy atom. The van der Waals surface area contributed by atoms with Gasteiger partial charge in [0.25, 0.3) is 0 Å². The molecule has 68 valence electrons. The van der Waals surface area contributed by atoms with Crippen LogP contribution in [0.3, 0.4) is 0 Å². The quantitative estimate of drug-likeness (QED) is 0.458. The van der Waals surface area contributed by atoms with Crippen LogP contribution in [0.5, 0.6) is 0 Å². The first-order valence-corrected chi connectivity index (χ1v) is 3.89. The fourth-order valence-corrected chi connectivity index (χ4v) is 0.928. The van der Waals surface area contributed by atoms with Crippen LogP contribution in [0.1, 0.15) is 12.8 Å². The Balaban J connectivity index is 2.40. The molecular formula is C8H12O4. The molecule has 1 heterocycles. The number of aliphatic carboxylic acids is 1. The number of ether oxygens (including phenoxy) is 1. The SMILES string of the molecule is O=C(O)C(=CCCO)CC1CO1. The van der Waals surface area contributed by atoms with E-state index in [0.717, 1.165) is 0 Å². The summed E-state index contributed by atoms with van der Waals surface area (Å²) in [6, 6.07) is 0. The van der Waals surface area contributed by atoms with Gasteiger partial charge in [0.05, 0.1) is 12.7 Å². The van der Waals surface area contributed by atoms with E-state index in [0.29, 0.717) is 25.0 Å². The number of hydrogen-bond acceptors (Lipinski definition) is 3. The van der Waals surface area contributed by atoms with Gasteiger partial charge < -0.3 is 14.9 Å². The molecule has 1 fully saturated rings. The summed E-state index contributed by atoms with van der Waals surface area (Å²) in [5.74, 6) is -0.918. The lowest BCUT2D eigenvalue weighted by molar-refractivity contribution is -0.132. The average Bonchev–Trinajstić information content (AvgIpc) is 2.80. The summed E-state index contributed by atoms with van der Waals surface area (Å²) < 4.78 is 4.90. The van der Waals surface area contributed by atoms with Gasteiger partial charge in [-0.05, 0) is 6.42 Å². The van der Waals surface area contributed by atoms with E-state index in [-0.39, 0.29) is 12.7 Å². The Labute approximate surface area is 70.5 Å². The van der Waals surface area contributed by atoms with Crippen LogP contribution in [0, 0.1) is 0 Å². The minimum absolute atomic E-state index is 0.0116. The van der Waals surface area contributed by atoms with E-state index in [1.165, 1.54) is 0 Å². The van der Waals surface area contributed by atoms with Crippen LogP contribution < -0.4 is 0 Å². The molecule has 1 unspecified atom stereocenters. The molecule has 1 rings (SSSR count). The Kier molecular flexibility index (Phi) is 3.25. The zero-order valence-corrected chi connectivity index (χ0v) is 6.69. The summed E-state index contributed by atoms with van der Waals surface area (Å²) in [6.07, 6.45) is 2.49. The van der Waals surface area contributed by atoms with Crippen molar-refractivity contribution in [3.63, 3.8) is 0 Å². The van der Waals surface area contributed by atoms with E-state index in [9.17, 15) is 4.79 Å². The van der Waals surface area contributed by atoms with Crippen LogP contribution in [-0.4, -0.2) is 35.5 Å². The molecule has 0 bridgehead atoms. The summed E-state index contributed by atoms with van der Waals surface area (Å²) in [4.78, 5) is 10.6. The zero-order valence-electron chi connectivity index (χ0n) is 6.69. The molecule has 0 aromatic carbocycles. The van der Waals surface area contributed by atoms with Crippen molar-refractivity contribution in [1.29, 1.82) is 0 Å². The molecule has 1 aliphatic rings. The van der Waals surface area contributed by atoms with Gasteiger partial charge in [-0.1, -0.05) is 6.08 Å². The van der Waals surface area contributed by atoms with Crippen LogP contribution >= 0.6 is 0 Å². The molecule has 0 aromatic heterocycles. The third-order valence-electron chi connectivity index (χ3n) is 1.64. The molecular weight excluding hydrogens is 160 g/mol. The van der Waals surface area contributed by atoms with E-state index >= 15 is 0 Å². The number of hydrogen-bond donors (Lipinski definition) is 2. The monoisotopic (exact) mass is 172 g/mol. The normalized spacial score (nSPS) is 22.4. The van der Waals surface area contributed by atoms with Gasteiger partial charge in [-0.2, -0.15) is 0 Å². The number of aliphatic hydroxyl groups is 1. The van der Waals surface area contributed by atoms with Gasteiger partial charge in [-0.3, -0.25) is 0 Å². The molecule has 1 saturated heterocycles.